The molecule has 1 amide bonds. The van der Waals surface area contributed by atoms with Crippen LogP contribution in [0, 0.1) is 0 Å². The summed E-state index contributed by atoms with van der Waals surface area (Å²) in [6.45, 7) is 2.12. The van der Waals surface area contributed by atoms with Gasteiger partial charge in [-0.3, -0.25) is 14.9 Å². The van der Waals surface area contributed by atoms with E-state index in [4.69, 9.17) is 0 Å². The van der Waals surface area contributed by atoms with E-state index in [2.05, 4.69) is 29.4 Å². The van der Waals surface area contributed by atoms with Crippen LogP contribution in [0.2, 0.25) is 0 Å². The van der Waals surface area contributed by atoms with Crippen LogP contribution in [-0.2, 0) is 13.5 Å². The predicted octanol–water partition coefficient (Wildman–Crippen LogP) is 4.48. The van der Waals surface area contributed by atoms with Crippen molar-refractivity contribution < 1.29 is 4.79 Å². The van der Waals surface area contributed by atoms with Crippen LogP contribution in [0.15, 0.2) is 64.8 Å². The van der Waals surface area contributed by atoms with Gasteiger partial charge < -0.3 is 4.57 Å². The van der Waals surface area contributed by atoms with Gasteiger partial charge in [-0.05, 0) is 18.1 Å². The summed E-state index contributed by atoms with van der Waals surface area (Å²) >= 11 is 1.36. The van der Waals surface area contributed by atoms with Crippen LogP contribution in [0.3, 0.4) is 0 Å². The standard InChI is InChI=1S/C22H19N3O2S/c1-3-14-8-10-15(11-9-14)18-13-28-22(23-18)24-21(27)17-12-20(26)25(2)19-7-5-4-6-16(17)19/h4-13H,3H2,1-2H3,(H,23,24,27). The SMILES string of the molecule is CCc1ccc(-c2csc(NC(=O)c3cc(=O)n(C)c4ccccc34)n2)cc1. The number of amides is 1. The fourth-order valence-corrected chi connectivity index (χ4v) is 3.85. The van der Waals surface area contributed by atoms with Gasteiger partial charge in [0.2, 0.25) is 0 Å². The summed E-state index contributed by atoms with van der Waals surface area (Å²) in [4.78, 5) is 29.6. The highest BCUT2D eigenvalue weighted by Crippen LogP contribution is 2.26. The lowest BCUT2D eigenvalue weighted by Gasteiger charge is -2.09. The summed E-state index contributed by atoms with van der Waals surface area (Å²) in [5.41, 5.74) is 3.94. The average Bonchev–Trinajstić information content (AvgIpc) is 3.19. The molecule has 28 heavy (non-hydrogen) atoms. The van der Waals surface area contributed by atoms with E-state index in [-0.39, 0.29) is 11.5 Å². The highest BCUT2D eigenvalue weighted by atomic mass is 32.1. The molecule has 6 heteroatoms. The Bertz CT molecular complexity index is 1220. The van der Waals surface area contributed by atoms with Gasteiger partial charge >= 0.3 is 0 Å². The Morgan fingerprint density at radius 3 is 2.64 bits per heavy atom. The van der Waals surface area contributed by atoms with Crippen molar-refractivity contribution in [3.05, 3.63) is 81.5 Å². The van der Waals surface area contributed by atoms with E-state index in [1.165, 1.54) is 27.5 Å². The fraction of sp³-hybridized carbons (Fsp3) is 0.136. The summed E-state index contributed by atoms with van der Waals surface area (Å²) in [5.74, 6) is -0.337. The first-order valence-corrected chi connectivity index (χ1v) is 9.89. The summed E-state index contributed by atoms with van der Waals surface area (Å²) < 4.78 is 1.54. The maximum absolute atomic E-state index is 12.8. The van der Waals surface area contributed by atoms with E-state index < -0.39 is 0 Å². The Balaban J connectivity index is 1.63. The highest BCUT2D eigenvalue weighted by Gasteiger charge is 2.15. The van der Waals surface area contributed by atoms with Crippen LogP contribution < -0.4 is 10.9 Å². The van der Waals surface area contributed by atoms with Gasteiger partial charge in [-0.1, -0.05) is 49.4 Å². The number of fused-ring (bicyclic) bond motifs is 1. The molecule has 4 rings (SSSR count). The van der Waals surface area contributed by atoms with Crippen LogP contribution in [0.1, 0.15) is 22.8 Å². The van der Waals surface area contributed by atoms with Gasteiger partial charge in [0.15, 0.2) is 5.13 Å². The molecule has 0 spiro atoms. The van der Waals surface area contributed by atoms with Gasteiger partial charge in [-0.15, -0.1) is 11.3 Å². The predicted molar refractivity (Wildman–Crippen MR) is 114 cm³/mol. The first-order chi connectivity index (χ1) is 13.6. The molecular weight excluding hydrogens is 370 g/mol. The fourth-order valence-electron chi connectivity index (χ4n) is 3.14. The van der Waals surface area contributed by atoms with E-state index in [9.17, 15) is 9.59 Å². The van der Waals surface area contributed by atoms with E-state index in [0.29, 0.717) is 10.7 Å². The molecule has 2 aromatic heterocycles. The molecule has 4 aromatic rings. The normalized spacial score (nSPS) is 10.9. The number of aryl methyl sites for hydroxylation is 2. The summed E-state index contributed by atoms with van der Waals surface area (Å²) in [6, 6.07) is 17.0. The second kappa shape index (κ2) is 7.40. The van der Waals surface area contributed by atoms with Crippen molar-refractivity contribution in [1.29, 1.82) is 0 Å². The number of carbonyl (C=O) groups is 1. The molecule has 0 radical (unpaired) electrons. The minimum absolute atomic E-state index is 0.223. The molecule has 0 unspecified atom stereocenters. The maximum atomic E-state index is 12.8. The van der Waals surface area contributed by atoms with Crippen LogP contribution in [0.25, 0.3) is 22.2 Å². The quantitative estimate of drug-likeness (QED) is 0.560. The number of thiazole rings is 1. The lowest BCUT2D eigenvalue weighted by molar-refractivity contribution is 0.102. The zero-order valence-corrected chi connectivity index (χ0v) is 16.4. The number of hydrogen-bond acceptors (Lipinski definition) is 4. The molecule has 0 atom stereocenters. The average molecular weight is 389 g/mol. The second-order valence-electron chi connectivity index (χ2n) is 6.51. The van der Waals surface area contributed by atoms with E-state index >= 15 is 0 Å². The van der Waals surface area contributed by atoms with Gasteiger partial charge in [-0.25, -0.2) is 4.98 Å². The highest BCUT2D eigenvalue weighted by molar-refractivity contribution is 7.14. The third kappa shape index (κ3) is 3.34. The molecule has 0 aliphatic carbocycles. The van der Waals surface area contributed by atoms with E-state index in [1.807, 2.05) is 41.8 Å². The Morgan fingerprint density at radius 1 is 1.14 bits per heavy atom. The molecule has 0 bridgehead atoms. The van der Waals surface area contributed by atoms with Gasteiger partial charge in [0.25, 0.3) is 11.5 Å². The molecule has 1 N–H and O–H groups in total. The van der Waals surface area contributed by atoms with Gasteiger partial charge in [0.05, 0.1) is 16.8 Å². The lowest BCUT2D eigenvalue weighted by Crippen LogP contribution is -2.21. The number of benzene rings is 2. The van der Waals surface area contributed by atoms with Crippen molar-refractivity contribution in [2.75, 3.05) is 5.32 Å². The molecule has 2 heterocycles. The van der Waals surface area contributed by atoms with E-state index in [0.717, 1.165) is 28.6 Å². The number of hydrogen-bond donors (Lipinski definition) is 1. The first-order valence-electron chi connectivity index (χ1n) is 9.02. The monoisotopic (exact) mass is 389 g/mol. The Hall–Kier alpha value is -3.25. The maximum Gasteiger partial charge on any atom is 0.258 e. The Kier molecular flexibility index (Phi) is 4.79. The van der Waals surface area contributed by atoms with Crippen molar-refractivity contribution in [3.8, 4) is 11.3 Å². The minimum atomic E-state index is -0.337. The molecule has 0 saturated carbocycles. The van der Waals surface area contributed by atoms with Crippen LogP contribution in [0.5, 0.6) is 0 Å². The molecule has 0 saturated heterocycles. The topological polar surface area (TPSA) is 64.0 Å². The zero-order chi connectivity index (χ0) is 19.7. The van der Waals surface area contributed by atoms with E-state index in [1.54, 1.807) is 7.05 Å². The van der Waals surface area contributed by atoms with Crippen molar-refractivity contribution in [2.24, 2.45) is 7.05 Å². The van der Waals surface area contributed by atoms with Crippen LogP contribution >= 0.6 is 11.3 Å². The number of nitrogens with one attached hydrogen (secondary N) is 1. The molecule has 5 nitrogen and oxygen atoms in total. The van der Waals surface area contributed by atoms with Crippen LogP contribution in [0.4, 0.5) is 5.13 Å². The number of carbonyl (C=O) groups excluding carboxylic acids is 1. The van der Waals surface area contributed by atoms with Crippen molar-refractivity contribution in [1.82, 2.24) is 9.55 Å². The smallest absolute Gasteiger partial charge is 0.258 e. The van der Waals surface area contributed by atoms with Crippen molar-refractivity contribution >= 4 is 33.3 Å². The second-order valence-corrected chi connectivity index (χ2v) is 7.37. The van der Waals surface area contributed by atoms with Gasteiger partial charge in [0, 0.05) is 29.4 Å². The number of pyridine rings is 1. The molecule has 0 aliphatic rings. The van der Waals surface area contributed by atoms with Crippen LogP contribution in [-0.4, -0.2) is 15.5 Å². The van der Waals surface area contributed by atoms with Gasteiger partial charge in [0.1, 0.15) is 0 Å². The third-order valence-electron chi connectivity index (χ3n) is 4.78. The molecule has 2 aromatic carbocycles. The van der Waals surface area contributed by atoms with Crippen molar-refractivity contribution in [3.63, 3.8) is 0 Å². The van der Waals surface area contributed by atoms with Gasteiger partial charge in [-0.2, -0.15) is 0 Å². The third-order valence-corrected chi connectivity index (χ3v) is 5.54. The number of para-hydroxylation sites is 1. The molecule has 140 valence electrons. The summed E-state index contributed by atoms with van der Waals surface area (Å²) in [6.07, 6.45) is 0.989. The number of rotatable bonds is 4. The zero-order valence-electron chi connectivity index (χ0n) is 15.6. The number of aromatic nitrogens is 2. The first kappa shape index (κ1) is 18.1. The lowest BCUT2D eigenvalue weighted by atomic mass is 10.1. The Morgan fingerprint density at radius 2 is 1.89 bits per heavy atom. The molecule has 0 fully saturated rings. The summed E-state index contributed by atoms with van der Waals surface area (Å²) in [7, 11) is 1.70. The molecule has 0 aliphatic heterocycles. The largest absolute Gasteiger partial charge is 0.311 e. The summed E-state index contributed by atoms with van der Waals surface area (Å²) in [5, 5.41) is 5.98. The minimum Gasteiger partial charge on any atom is -0.311 e. The Labute approximate surface area is 166 Å². The molecular formula is C22H19N3O2S. The number of nitrogens with zero attached hydrogens (tertiary/aromatic N) is 2. The van der Waals surface area contributed by atoms with Crippen molar-refractivity contribution in [2.45, 2.75) is 13.3 Å². The number of anilines is 1.